The number of fused-ring (bicyclic) bond motifs is 4. The molecule has 0 spiro atoms. The largest absolute Gasteiger partial charge is 0.377 e. The molecule has 0 aromatic rings. The molecule has 122 valence electrons. The van der Waals surface area contributed by atoms with E-state index in [2.05, 4.69) is 18.8 Å². The average molecular weight is 310 g/mol. The van der Waals surface area contributed by atoms with Gasteiger partial charge >= 0.3 is 0 Å². The molecule has 1 aliphatic heterocycles. The van der Waals surface area contributed by atoms with E-state index >= 15 is 0 Å². The molecular formula is C21H26O2. The van der Waals surface area contributed by atoms with Crippen molar-refractivity contribution < 1.29 is 9.53 Å². The van der Waals surface area contributed by atoms with Crippen LogP contribution in [0.4, 0.5) is 0 Å². The van der Waals surface area contributed by atoms with E-state index < -0.39 is 0 Å². The molecule has 1 heterocycles. The third-order valence-electron chi connectivity index (χ3n) is 6.72. The van der Waals surface area contributed by atoms with Crippen molar-refractivity contribution in [1.82, 2.24) is 0 Å². The molecule has 2 fully saturated rings. The Labute approximate surface area is 139 Å². The Kier molecular flexibility index (Phi) is 3.73. The zero-order valence-electron chi connectivity index (χ0n) is 14.3. The summed E-state index contributed by atoms with van der Waals surface area (Å²) in [5, 5.41) is 0. The number of hydrogen-bond acceptors (Lipinski definition) is 2. The van der Waals surface area contributed by atoms with Crippen molar-refractivity contribution in [2.45, 2.75) is 52.4 Å². The summed E-state index contributed by atoms with van der Waals surface area (Å²) in [6, 6.07) is 0. The van der Waals surface area contributed by atoms with Gasteiger partial charge in [0.1, 0.15) is 0 Å². The minimum absolute atomic E-state index is 0.123. The molecule has 0 aromatic heterocycles. The lowest BCUT2D eigenvalue weighted by molar-refractivity contribution is -0.114. The topological polar surface area (TPSA) is 26.3 Å². The summed E-state index contributed by atoms with van der Waals surface area (Å²) in [5.41, 5.74) is 4.43. The number of hydrogen-bond donors (Lipinski definition) is 0. The summed E-state index contributed by atoms with van der Waals surface area (Å²) in [5.74, 6) is 8.90. The van der Waals surface area contributed by atoms with Gasteiger partial charge in [0.2, 0.25) is 0 Å². The van der Waals surface area contributed by atoms with Crippen LogP contribution in [0.5, 0.6) is 0 Å². The molecular weight excluding hydrogens is 284 g/mol. The van der Waals surface area contributed by atoms with Gasteiger partial charge in [-0.05, 0) is 80.6 Å². The molecule has 2 nitrogen and oxygen atoms in total. The second kappa shape index (κ2) is 5.64. The van der Waals surface area contributed by atoms with Crippen LogP contribution in [0.2, 0.25) is 0 Å². The van der Waals surface area contributed by atoms with Crippen molar-refractivity contribution in [3.8, 4) is 11.8 Å². The number of carbonyl (C=O) groups is 1. The van der Waals surface area contributed by atoms with Crippen LogP contribution < -0.4 is 0 Å². The monoisotopic (exact) mass is 310 g/mol. The molecule has 0 N–H and O–H groups in total. The van der Waals surface area contributed by atoms with E-state index in [0.717, 1.165) is 26.1 Å². The maximum atomic E-state index is 11.7. The summed E-state index contributed by atoms with van der Waals surface area (Å²) >= 11 is 0. The fourth-order valence-corrected chi connectivity index (χ4v) is 5.58. The molecule has 3 aliphatic carbocycles. The molecule has 0 amide bonds. The van der Waals surface area contributed by atoms with Gasteiger partial charge in [-0.3, -0.25) is 4.79 Å². The van der Waals surface area contributed by atoms with Gasteiger partial charge < -0.3 is 4.74 Å². The van der Waals surface area contributed by atoms with Crippen LogP contribution in [-0.4, -0.2) is 19.0 Å². The highest BCUT2D eigenvalue weighted by atomic mass is 16.5. The number of carbonyl (C=O) groups excluding carboxylic acids is 1. The van der Waals surface area contributed by atoms with Crippen molar-refractivity contribution in [2.75, 3.05) is 13.2 Å². The second-order valence-corrected chi connectivity index (χ2v) is 7.90. The Balaban J connectivity index is 1.72. The van der Waals surface area contributed by atoms with Crippen LogP contribution in [-0.2, 0) is 9.53 Å². The zero-order valence-corrected chi connectivity index (χ0v) is 14.3. The van der Waals surface area contributed by atoms with E-state index in [4.69, 9.17) is 4.74 Å². The Hall–Kier alpha value is -1.33. The molecule has 2 heteroatoms. The normalized spacial score (nSPS) is 39.5. The predicted molar refractivity (Wildman–Crippen MR) is 90.7 cm³/mol. The highest BCUT2D eigenvalue weighted by Gasteiger charge is 2.50. The van der Waals surface area contributed by atoms with Gasteiger partial charge in [0, 0.05) is 17.8 Å². The maximum absolute atomic E-state index is 11.7. The highest BCUT2D eigenvalue weighted by molar-refractivity contribution is 5.93. The van der Waals surface area contributed by atoms with Crippen LogP contribution >= 0.6 is 0 Å². The Morgan fingerprint density at radius 3 is 2.96 bits per heavy atom. The van der Waals surface area contributed by atoms with Crippen LogP contribution in [0.1, 0.15) is 52.4 Å². The summed E-state index contributed by atoms with van der Waals surface area (Å²) in [6.07, 6.45) is 8.27. The molecule has 4 aliphatic rings. The number of ether oxygens (including phenoxy) is 1. The molecule has 4 atom stereocenters. The molecule has 23 heavy (non-hydrogen) atoms. The van der Waals surface area contributed by atoms with Crippen molar-refractivity contribution in [3.63, 3.8) is 0 Å². The van der Waals surface area contributed by atoms with E-state index in [-0.39, 0.29) is 5.41 Å². The number of rotatable bonds is 0. The lowest BCUT2D eigenvalue weighted by atomic mass is 9.67. The summed E-state index contributed by atoms with van der Waals surface area (Å²) in [7, 11) is 0. The van der Waals surface area contributed by atoms with Crippen LogP contribution in [0, 0.1) is 35.0 Å². The molecule has 4 rings (SSSR count). The van der Waals surface area contributed by atoms with Crippen LogP contribution in [0.25, 0.3) is 0 Å². The van der Waals surface area contributed by atoms with Gasteiger partial charge in [-0.1, -0.05) is 5.92 Å². The second-order valence-electron chi connectivity index (χ2n) is 7.90. The lowest BCUT2D eigenvalue weighted by Gasteiger charge is -2.36. The van der Waals surface area contributed by atoms with E-state index in [1.807, 2.05) is 13.0 Å². The Morgan fingerprint density at radius 1 is 1.26 bits per heavy atom. The van der Waals surface area contributed by atoms with E-state index in [1.54, 1.807) is 0 Å². The standard InChI is InChI=1S/C21H26O2/c1-3-9-21(2)10-8-18-17-6-4-14-11-15(22)5-7-16(14)19(17)12-23-13-20(18)21/h11,17-18,20H,4-8,10,12-13H2,1-2H3. The summed E-state index contributed by atoms with van der Waals surface area (Å²) < 4.78 is 6.16. The quantitative estimate of drug-likeness (QED) is 0.631. The van der Waals surface area contributed by atoms with Gasteiger partial charge in [0.25, 0.3) is 0 Å². The van der Waals surface area contributed by atoms with Gasteiger partial charge in [0.15, 0.2) is 5.78 Å². The molecule has 0 aromatic carbocycles. The van der Waals surface area contributed by atoms with Gasteiger partial charge in [-0.15, -0.1) is 5.92 Å². The Morgan fingerprint density at radius 2 is 2.13 bits per heavy atom. The molecule has 0 bridgehead atoms. The van der Waals surface area contributed by atoms with Gasteiger partial charge in [-0.25, -0.2) is 0 Å². The zero-order chi connectivity index (χ0) is 16.0. The van der Waals surface area contributed by atoms with Crippen molar-refractivity contribution in [3.05, 3.63) is 22.8 Å². The van der Waals surface area contributed by atoms with E-state index in [9.17, 15) is 4.79 Å². The van der Waals surface area contributed by atoms with Crippen LogP contribution in [0.15, 0.2) is 22.8 Å². The highest BCUT2D eigenvalue weighted by Crippen LogP contribution is 2.55. The van der Waals surface area contributed by atoms with Crippen molar-refractivity contribution >= 4 is 5.78 Å². The lowest BCUT2D eigenvalue weighted by Crippen LogP contribution is -2.31. The summed E-state index contributed by atoms with van der Waals surface area (Å²) in [4.78, 5) is 11.7. The molecule has 1 saturated carbocycles. The number of ketones is 1. The average Bonchev–Trinajstić information content (AvgIpc) is 2.74. The smallest absolute Gasteiger partial charge is 0.156 e. The molecule has 0 radical (unpaired) electrons. The van der Waals surface area contributed by atoms with Crippen molar-refractivity contribution in [2.24, 2.45) is 23.2 Å². The van der Waals surface area contributed by atoms with E-state index in [0.29, 0.717) is 30.0 Å². The fraction of sp³-hybridized carbons (Fsp3) is 0.667. The molecule has 4 unspecified atom stereocenters. The SMILES string of the molecule is CC#CC1(C)CCC2C3CCC4=CC(=O)CCC4=C3COCC21. The first kappa shape index (κ1) is 15.2. The first-order valence-electron chi connectivity index (χ1n) is 9.10. The van der Waals surface area contributed by atoms with Crippen LogP contribution in [0.3, 0.4) is 0 Å². The fourth-order valence-electron chi connectivity index (χ4n) is 5.58. The Bertz CT molecular complexity index is 657. The predicted octanol–water partition coefficient (Wildman–Crippen LogP) is 4.07. The van der Waals surface area contributed by atoms with Crippen molar-refractivity contribution in [1.29, 1.82) is 0 Å². The third-order valence-corrected chi connectivity index (χ3v) is 6.72. The first-order chi connectivity index (χ1) is 11.1. The molecule has 1 saturated heterocycles. The number of allylic oxidation sites excluding steroid dienone is 3. The van der Waals surface area contributed by atoms with Gasteiger partial charge in [0.05, 0.1) is 13.2 Å². The summed E-state index contributed by atoms with van der Waals surface area (Å²) in [6.45, 7) is 5.92. The minimum atomic E-state index is 0.123. The van der Waals surface area contributed by atoms with Gasteiger partial charge in [-0.2, -0.15) is 0 Å². The third kappa shape index (κ3) is 2.41. The minimum Gasteiger partial charge on any atom is -0.377 e. The first-order valence-corrected chi connectivity index (χ1v) is 9.10. The maximum Gasteiger partial charge on any atom is 0.156 e. The van der Waals surface area contributed by atoms with E-state index in [1.165, 1.54) is 36.0 Å².